The van der Waals surface area contributed by atoms with Crippen LogP contribution in [0.5, 0.6) is 17.2 Å². The van der Waals surface area contributed by atoms with Crippen molar-refractivity contribution in [1.82, 2.24) is 4.90 Å². The molecule has 35 heavy (non-hydrogen) atoms. The zero-order valence-electron chi connectivity index (χ0n) is 20.9. The number of methoxy groups -OCH3 is 2. The first-order valence-corrected chi connectivity index (χ1v) is 12.1. The standard InChI is InChI=1S/C28H31NO6/c1-15-11-24(26-19-7-6-8-20(19)28(31)35-25(26)12-15)34-17(3)27(30)29-10-9-18-13-22(32-4)23(33-5)14-21(18)16(29)2/h11-14,16-17H,6-10H2,1-5H3. The van der Waals surface area contributed by atoms with Crippen LogP contribution < -0.4 is 19.8 Å². The minimum absolute atomic E-state index is 0.0818. The van der Waals surface area contributed by atoms with Crippen molar-refractivity contribution >= 4 is 16.9 Å². The Kier molecular flexibility index (Phi) is 5.95. The van der Waals surface area contributed by atoms with E-state index in [1.807, 2.05) is 43.0 Å². The minimum Gasteiger partial charge on any atom is -0.493 e. The Morgan fingerprint density at radius 3 is 2.49 bits per heavy atom. The zero-order valence-corrected chi connectivity index (χ0v) is 20.9. The first-order chi connectivity index (χ1) is 16.8. The quantitative estimate of drug-likeness (QED) is 0.503. The fraction of sp³-hybridized carbons (Fsp3) is 0.429. The molecule has 2 heterocycles. The highest BCUT2D eigenvalue weighted by atomic mass is 16.5. The summed E-state index contributed by atoms with van der Waals surface area (Å²) in [5.41, 5.74) is 5.10. The van der Waals surface area contributed by atoms with E-state index in [2.05, 4.69) is 0 Å². The van der Waals surface area contributed by atoms with Gasteiger partial charge in [-0.25, -0.2) is 4.79 Å². The summed E-state index contributed by atoms with van der Waals surface area (Å²) in [7, 11) is 3.24. The topological polar surface area (TPSA) is 78.2 Å². The van der Waals surface area contributed by atoms with Crippen molar-refractivity contribution in [2.45, 2.75) is 58.6 Å². The Hall–Kier alpha value is -3.48. The third-order valence-electron chi connectivity index (χ3n) is 7.30. The predicted octanol–water partition coefficient (Wildman–Crippen LogP) is 4.52. The molecule has 2 unspecified atom stereocenters. The number of aryl methyl sites for hydroxylation is 2. The molecular formula is C28H31NO6. The highest BCUT2D eigenvalue weighted by Crippen LogP contribution is 2.39. The number of carbonyl (C=O) groups excluding carboxylic acids is 1. The number of nitrogens with zero attached hydrogens (tertiary/aromatic N) is 1. The van der Waals surface area contributed by atoms with Crippen molar-refractivity contribution in [3.05, 3.63) is 62.5 Å². The number of fused-ring (bicyclic) bond motifs is 4. The van der Waals surface area contributed by atoms with Crippen molar-refractivity contribution < 1.29 is 23.4 Å². The highest BCUT2D eigenvalue weighted by molar-refractivity contribution is 5.90. The SMILES string of the molecule is COc1cc2c(cc1OC)C(C)N(C(=O)C(C)Oc1cc(C)cc3oc(=O)c4c(c13)CCC4)CC2. The third-order valence-corrected chi connectivity index (χ3v) is 7.30. The summed E-state index contributed by atoms with van der Waals surface area (Å²) in [6.45, 7) is 6.33. The normalized spacial score (nSPS) is 17.6. The van der Waals surface area contributed by atoms with Crippen LogP contribution in [0, 0.1) is 6.92 Å². The fourth-order valence-corrected chi connectivity index (χ4v) is 5.52. The smallest absolute Gasteiger partial charge is 0.339 e. The number of carbonyl (C=O) groups is 1. The van der Waals surface area contributed by atoms with Gasteiger partial charge in [-0.3, -0.25) is 4.79 Å². The lowest BCUT2D eigenvalue weighted by Crippen LogP contribution is -2.45. The molecule has 0 fully saturated rings. The molecule has 7 heteroatoms. The number of benzene rings is 2. The largest absolute Gasteiger partial charge is 0.493 e. The van der Waals surface area contributed by atoms with Gasteiger partial charge in [-0.2, -0.15) is 0 Å². The zero-order chi connectivity index (χ0) is 24.9. The van der Waals surface area contributed by atoms with Gasteiger partial charge in [-0.15, -0.1) is 0 Å². The van der Waals surface area contributed by atoms with Gasteiger partial charge in [0.2, 0.25) is 0 Å². The summed E-state index contributed by atoms with van der Waals surface area (Å²) in [5.74, 6) is 1.86. The molecule has 0 saturated heterocycles. The van der Waals surface area contributed by atoms with Crippen LogP contribution in [-0.2, 0) is 24.1 Å². The lowest BCUT2D eigenvalue weighted by molar-refractivity contribution is -0.140. The fourth-order valence-electron chi connectivity index (χ4n) is 5.52. The lowest BCUT2D eigenvalue weighted by Gasteiger charge is -2.37. The van der Waals surface area contributed by atoms with Crippen molar-refractivity contribution in [3.63, 3.8) is 0 Å². The van der Waals surface area contributed by atoms with Gasteiger partial charge in [0.25, 0.3) is 5.91 Å². The van der Waals surface area contributed by atoms with Crippen molar-refractivity contribution in [2.75, 3.05) is 20.8 Å². The highest BCUT2D eigenvalue weighted by Gasteiger charge is 2.33. The van der Waals surface area contributed by atoms with Gasteiger partial charge in [0.05, 0.1) is 25.6 Å². The summed E-state index contributed by atoms with van der Waals surface area (Å²) >= 11 is 0. The molecule has 2 aromatic carbocycles. The predicted molar refractivity (Wildman–Crippen MR) is 133 cm³/mol. The Labute approximate surface area is 204 Å². The van der Waals surface area contributed by atoms with Gasteiger partial charge in [0, 0.05) is 12.1 Å². The van der Waals surface area contributed by atoms with Crippen LogP contribution in [0.2, 0.25) is 0 Å². The molecule has 1 amide bonds. The van der Waals surface area contributed by atoms with E-state index in [-0.39, 0.29) is 17.6 Å². The maximum absolute atomic E-state index is 13.6. The van der Waals surface area contributed by atoms with Crippen LogP contribution in [0.4, 0.5) is 0 Å². The Balaban J connectivity index is 1.45. The number of rotatable bonds is 5. The Morgan fingerprint density at radius 1 is 1.03 bits per heavy atom. The van der Waals surface area contributed by atoms with E-state index in [9.17, 15) is 9.59 Å². The van der Waals surface area contributed by atoms with Gasteiger partial charge >= 0.3 is 5.63 Å². The van der Waals surface area contributed by atoms with Crippen LogP contribution in [-0.4, -0.2) is 37.7 Å². The van der Waals surface area contributed by atoms with E-state index in [4.69, 9.17) is 18.6 Å². The molecule has 5 rings (SSSR count). The average molecular weight is 478 g/mol. The van der Waals surface area contributed by atoms with E-state index >= 15 is 0 Å². The van der Waals surface area contributed by atoms with Gasteiger partial charge in [-0.1, -0.05) is 0 Å². The van der Waals surface area contributed by atoms with E-state index < -0.39 is 6.10 Å². The molecule has 184 valence electrons. The number of hydrogen-bond donors (Lipinski definition) is 0. The Bertz CT molecular complexity index is 1370. The average Bonchev–Trinajstić information content (AvgIpc) is 3.33. The van der Waals surface area contributed by atoms with Crippen molar-refractivity contribution in [1.29, 1.82) is 0 Å². The summed E-state index contributed by atoms with van der Waals surface area (Å²) in [6, 6.07) is 7.62. The molecule has 3 aromatic rings. The summed E-state index contributed by atoms with van der Waals surface area (Å²) < 4.78 is 22.9. The molecule has 2 atom stereocenters. The molecule has 0 spiro atoms. The van der Waals surface area contributed by atoms with E-state index in [0.29, 0.717) is 35.8 Å². The van der Waals surface area contributed by atoms with E-state index in [0.717, 1.165) is 52.5 Å². The summed E-state index contributed by atoms with van der Waals surface area (Å²) in [5, 5.41) is 0.816. The lowest BCUT2D eigenvalue weighted by atomic mass is 9.92. The second-order valence-electron chi connectivity index (χ2n) is 9.46. The number of hydrogen-bond acceptors (Lipinski definition) is 6. The first kappa shape index (κ1) is 23.3. The van der Waals surface area contributed by atoms with Gasteiger partial charge in [0.1, 0.15) is 11.3 Å². The summed E-state index contributed by atoms with van der Waals surface area (Å²) in [6.07, 6.45) is 2.47. The maximum atomic E-state index is 13.6. The molecule has 2 aliphatic rings. The Morgan fingerprint density at radius 2 is 1.74 bits per heavy atom. The molecule has 1 aliphatic carbocycles. The monoisotopic (exact) mass is 477 g/mol. The van der Waals surface area contributed by atoms with Crippen molar-refractivity contribution in [2.24, 2.45) is 0 Å². The molecule has 7 nitrogen and oxygen atoms in total. The molecule has 0 saturated carbocycles. The van der Waals surface area contributed by atoms with Crippen LogP contribution >= 0.6 is 0 Å². The van der Waals surface area contributed by atoms with Crippen LogP contribution in [0.1, 0.15) is 54.1 Å². The molecule has 1 aliphatic heterocycles. The second-order valence-corrected chi connectivity index (χ2v) is 9.46. The van der Waals surface area contributed by atoms with E-state index in [1.165, 1.54) is 0 Å². The van der Waals surface area contributed by atoms with Gasteiger partial charge < -0.3 is 23.5 Å². The molecule has 1 aromatic heterocycles. The third kappa shape index (κ3) is 3.93. The maximum Gasteiger partial charge on any atom is 0.339 e. The number of amides is 1. The minimum atomic E-state index is -0.701. The van der Waals surface area contributed by atoms with Crippen LogP contribution in [0.3, 0.4) is 0 Å². The number of ether oxygens (including phenoxy) is 3. The van der Waals surface area contributed by atoms with Crippen LogP contribution in [0.25, 0.3) is 11.0 Å². The van der Waals surface area contributed by atoms with Gasteiger partial charge in [0.15, 0.2) is 17.6 Å². The summed E-state index contributed by atoms with van der Waals surface area (Å²) in [4.78, 5) is 27.9. The van der Waals surface area contributed by atoms with Gasteiger partial charge in [-0.05, 0) is 93.0 Å². The molecule has 0 N–H and O–H groups in total. The first-order valence-electron chi connectivity index (χ1n) is 12.1. The second kappa shape index (κ2) is 8.95. The van der Waals surface area contributed by atoms with Crippen molar-refractivity contribution in [3.8, 4) is 17.2 Å². The van der Waals surface area contributed by atoms with Crippen LogP contribution in [0.15, 0.2) is 33.5 Å². The van der Waals surface area contributed by atoms with E-state index in [1.54, 1.807) is 21.1 Å². The molecular weight excluding hydrogens is 446 g/mol. The molecule has 0 radical (unpaired) electrons. The molecule has 0 bridgehead atoms.